The maximum absolute atomic E-state index is 12.0. The number of carboxylic acid groups (broad SMARTS) is 1. The Balaban J connectivity index is 1.65. The third-order valence-electron chi connectivity index (χ3n) is 4.49. The van der Waals surface area contributed by atoms with E-state index in [2.05, 4.69) is 4.90 Å². The van der Waals surface area contributed by atoms with Crippen LogP contribution in [0, 0.1) is 5.92 Å². The third-order valence-corrected chi connectivity index (χ3v) is 4.49. The molecule has 0 radical (unpaired) electrons. The quantitative estimate of drug-likeness (QED) is 0.787. The second kappa shape index (κ2) is 8.03. The molecular weight excluding hydrogens is 326 g/mol. The van der Waals surface area contributed by atoms with Crippen molar-refractivity contribution in [3.05, 3.63) is 0 Å². The fraction of sp³-hybridized carbons (Fsp3) is 0.824. The summed E-state index contributed by atoms with van der Waals surface area (Å²) in [4.78, 5) is 40.4. The summed E-state index contributed by atoms with van der Waals surface area (Å²) in [6.45, 7) is 10.2. The van der Waals surface area contributed by atoms with Crippen molar-refractivity contribution in [2.24, 2.45) is 5.92 Å². The van der Waals surface area contributed by atoms with Crippen molar-refractivity contribution in [1.29, 1.82) is 0 Å². The van der Waals surface area contributed by atoms with Gasteiger partial charge in [-0.3, -0.25) is 14.5 Å². The van der Waals surface area contributed by atoms with Gasteiger partial charge in [-0.15, -0.1) is 0 Å². The lowest BCUT2D eigenvalue weighted by Crippen LogP contribution is -2.50. The first-order valence-corrected chi connectivity index (χ1v) is 8.86. The lowest BCUT2D eigenvalue weighted by Gasteiger charge is -2.35. The summed E-state index contributed by atoms with van der Waals surface area (Å²) in [7, 11) is 0. The molecule has 25 heavy (non-hydrogen) atoms. The predicted octanol–water partition coefficient (Wildman–Crippen LogP) is 0.862. The predicted molar refractivity (Wildman–Crippen MR) is 91.2 cm³/mol. The van der Waals surface area contributed by atoms with Crippen molar-refractivity contribution < 1.29 is 24.2 Å². The molecule has 0 aromatic carbocycles. The number of ether oxygens (including phenoxy) is 1. The molecule has 2 amide bonds. The van der Waals surface area contributed by atoms with E-state index in [0.29, 0.717) is 26.2 Å². The van der Waals surface area contributed by atoms with Gasteiger partial charge in [-0.2, -0.15) is 0 Å². The first-order valence-electron chi connectivity index (χ1n) is 8.86. The molecule has 2 fully saturated rings. The highest BCUT2D eigenvalue weighted by Gasteiger charge is 2.34. The van der Waals surface area contributed by atoms with Gasteiger partial charge in [0.05, 0.1) is 5.92 Å². The maximum atomic E-state index is 12.0. The van der Waals surface area contributed by atoms with Gasteiger partial charge in [-0.05, 0) is 33.7 Å². The number of hydrogen-bond donors (Lipinski definition) is 1. The summed E-state index contributed by atoms with van der Waals surface area (Å²) >= 11 is 0. The first kappa shape index (κ1) is 19.5. The number of likely N-dealkylation sites (tertiary alicyclic amines) is 1. The molecule has 0 spiro atoms. The zero-order valence-corrected chi connectivity index (χ0v) is 15.4. The van der Waals surface area contributed by atoms with E-state index in [1.54, 1.807) is 9.80 Å². The smallest absolute Gasteiger partial charge is 0.410 e. The van der Waals surface area contributed by atoms with Crippen LogP contribution in [0.3, 0.4) is 0 Å². The Morgan fingerprint density at radius 2 is 1.80 bits per heavy atom. The molecule has 0 aliphatic carbocycles. The molecule has 2 aliphatic heterocycles. The molecule has 1 atom stereocenters. The van der Waals surface area contributed by atoms with E-state index in [-0.39, 0.29) is 18.4 Å². The van der Waals surface area contributed by atoms with Crippen LogP contribution in [0.4, 0.5) is 4.79 Å². The molecule has 8 nitrogen and oxygen atoms in total. The number of nitrogens with zero attached hydrogens (tertiary/aromatic N) is 3. The first-order chi connectivity index (χ1) is 11.7. The lowest BCUT2D eigenvalue weighted by atomic mass is 10.1. The monoisotopic (exact) mass is 355 g/mol. The topological polar surface area (TPSA) is 90.4 Å². The van der Waals surface area contributed by atoms with Crippen LogP contribution in [-0.4, -0.2) is 89.2 Å². The third kappa shape index (κ3) is 5.88. The summed E-state index contributed by atoms with van der Waals surface area (Å²) in [5.41, 5.74) is -0.482. The average molecular weight is 355 g/mol. The molecule has 0 aromatic rings. The Morgan fingerprint density at radius 3 is 2.32 bits per heavy atom. The maximum Gasteiger partial charge on any atom is 0.410 e. The molecule has 8 heteroatoms. The molecule has 1 N–H and O–H groups in total. The highest BCUT2D eigenvalue weighted by molar-refractivity contribution is 5.86. The minimum absolute atomic E-state index is 0.0675. The fourth-order valence-corrected chi connectivity index (χ4v) is 3.12. The molecule has 0 aromatic heterocycles. The molecule has 2 aliphatic rings. The summed E-state index contributed by atoms with van der Waals surface area (Å²) < 4.78 is 5.38. The van der Waals surface area contributed by atoms with Gasteiger partial charge in [0.25, 0.3) is 0 Å². The van der Waals surface area contributed by atoms with Crippen molar-refractivity contribution in [2.75, 3.05) is 45.8 Å². The molecular formula is C17H29N3O5. The Kier molecular flexibility index (Phi) is 6.26. The molecule has 2 rings (SSSR count). The molecule has 0 saturated carbocycles. The van der Waals surface area contributed by atoms with E-state index in [9.17, 15) is 14.4 Å². The van der Waals surface area contributed by atoms with E-state index in [4.69, 9.17) is 9.84 Å². The van der Waals surface area contributed by atoms with Crippen LogP contribution in [0.25, 0.3) is 0 Å². The number of carboxylic acids is 1. The Bertz CT molecular complexity index is 509. The van der Waals surface area contributed by atoms with E-state index in [1.165, 1.54) is 0 Å². The zero-order chi connectivity index (χ0) is 18.6. The van der Waals surface area contributed by atoms with E-state index < -0.39 is 17.5 Å². The summed E-state index contributed by atoms with van der Waals surface area (Å²) in [5.74, 6) is -1.53. The van der Waals surface area contributed by atoms with Gasteiger partial charge in [0.15, 0.2) is 0 Å². The highest BCUT2D eigenvalue weighted by atomic mass is 16.6. The van der Waals surface area contributed by atoms with E-state index in [0.717, 1.165) is 26.1 Å². The Hall–Kier alpha value is -1.83. The summed E-state index contributed by atoms with van der Waals surface area (Å²) in [6.07, 6.45) is 0.656. The van der Waals surface area contributed by atoms with Crippen molar-refractivity contribution in [2.45, 2.75) is 39.2 Å². The number of carbonyl (C=O) groups excluding carboxylic acids is 2. The average Bonchev–Trinajstić information content (AvgIpc) is 2.88. The number of amides is 2. The largest absolute Gasteiger partial charge is 0.481 e. The second-order valence-electron chi connectivity index (χ2n) is 7.74. The van der Waals surface area contributed by atoms with Crippen LogP contribution >= 0.6 is 0 Å². The number of rotatable bonds is 5. The van der Waals surface area contributed by atoms with Gasteiger partial charge in [0, 0.05) is 45.7 Å². The Morgan fingerprint density at radius 1 is 1.16 bits per heavy atom. The highest BCUT2D eigenvalue weighted by Crippen LogP contribution is 2.18. The number of carbonyl (C=O) groups is 3. The van der Waals surface area contributed by atoms with Gasteiger partial charge >= 0.3 is 12.1 Å². The van der Waals surface area contributed by atoms with E-state index >= 15 is 0 Å². The Labute approximate surface area is 148 Å². The number of piperazine rings is 1. The van der Waals surface area contributed by atoms with Gasteiger partial charge < -0.3 is 19.6 Å². The molecule has 142 valence electrons. The molecule has 2 heterocycles. The molecule has 1 unspecified atom stereocenters. The minimum atomic E-state index is -0.894. The summed E-state index contributed by atoms with van der Waals surface area (Å²) in [6, 6.07) is 0. The molecule has 2 saturated heterocycles. The standard InChI is InChI=1S/C17H29N3O5/c1-17(2,3)25-16(24)19-9-7-18(8-10-19)5-4-6-20-12-13(15(22)23)11-14(20)21/h13H,4-12H2,1-3H3,(H,22,23). The SMILES string of the molecule is CC(C)(C)OC(=O)N1CCN(CCCN2CC(C(=O)O)CC2=O)CC1. The minimum Gasteiger partial charge on any atom is -0.481 e. The van der Waals surface area contributed by atoms with Crippen LogP contribution in [-0.2, 0) is 14.3 Å². The van der Waals surface area contributed by atoms with Gasteiger partial charge in [0.2, 0.25) is 5.91 Å². The van der Waals surface area contributed by atoms with Crippen LogP contribution in [0.1, 0.15) is 33.6 Å². The number of aliphatic carboxylic acids is 1. The van der Waals surface area contributed by atoms with Gasteiger partial charge in [-0.25, -0.2) is 4.79 Å². The molecule has 0 bridgehead atoms. The van der Waals surface area contributed by atoms with Crippen molar-refractivity contribution in [3.63, 3.8) is 0 Å². The second-order valence-corrected chi connectivity index (χ2v) is 7.74. The van der Waals surface area contributed by atoms with Crippen molar-refractivity contribution >= 4 is 18.0 Å². The van der Waals surface area contributed by atoms with Crippen LogP contribution in [0.15, 0.2) is 0 Å². The van der Waals surface area contributed by atoms with Crippen LogP contribution < -0.4 is 0 Å². The summed E-state index contributed by atoms with van der Waals surface area (Å²) in [5, 5.41) is 8.99. The number of hydrogen-bond acceptors (Lipinski definition) is 5. The van der Waals surface area contributed by atoms with Crippen molar-refractivity contribution in [3.8, 4) is 0 Å². The van der Waals surface area contributed by atoms with Crippen molar-refractivity contribution in [1.82, 2.24) is 14.7 Å². The van der Waals surface area contributed by atoms with Crippen LogP contribution in [0.2, 0.25) is 0 Å². The fourth-order valence-electron chi connectivity index (χ4n) is 3.12. The normalized spacial score (nSPS) is 22.4. The van der Waals surface area contributed by atoms with Crippen LogP contribution in [0.5, 0.6) is 0 Å². The van der Waals surface area contributed by atoms with E-state index in [1.807, 2.05) is 20.8 Å². The van der Waals surface area contributed by atoms with Gasteiger partial charge in [0.1, 0.15) is 5.60 Å². The zero-order valence-electron chi connectivity index (χ0n) is 15.4. The van der Waals surface area contributed by atoms with Gasteiger partial charge in [-0.1, -0.05) is 0 Å². The lowest BCUT2D eigenvalue weighted by molar-refractivity contribution is -0.141.